The molecule has 6 rings (SSSR count). The molecule has 9 heteroatoms. The molecule has 1 amide bonds. The van der Waals surface area contributed by atoms with Crippen molar-refractivity contribution in [2.45, 2.75) is 42.4 Å². The zero-order chi connectivity index (χ0) is 28.8. The van der Waals surface area contributed by atoms with Gasteiger partial charge in [0.05, 0.1) is 17.8 Å². The van der Waals surface area contributed by atoms with E-state index in [0.29, 0.717) is 30.8 Å². The Morgan fingerprint density at radius 2 is 2.02 bits per heavy atom. The largest absolute Gasteiger partial charge is 0.378 e. The molecular formula is C32H29F2N5OS. The Morgan fingerprint density at radius 1 is 1.22 bits per heavy atom. The Bertz CT molecular complexity index is 1600. The highest BCUT2D eigenvalue weighted by Gasteiger charge is 2.71. The van der Waals surface area contributed by atoms with Crippen LogP contribution in [0.15, 0.2) is 71.9 Å². The van der Waals surface area contributed by atoms with Gasteiger partial charge in [0.1, 0.15) is 16.4 Å². The van der Waals surface area contributed by atoms with Crippen molar-refractivity contribution < 1.29 is 13.6 Å². The smallest absolute Gasteiger partial charge is 0.239 e. The quantitative estimate of drug-likeness (QED) is 0.348. The van der Waals surface area contributed by atoms with Crippen molar-refractivity contribution in [3.63, 3.8) is 0 Å². The number of aromatic nitrogens is 1. The van der Waals surface area contributed by atoms with Crippen LogP contribution in [0.1, 0.15) is 54.5 Å². The fourth-order valence-corrected chi connectivity index (χ4v) is 7.76. The molecular weight excluding hydrogens is 540 g/mol. The summed E-state index contributed by atoms with van der Waals surface area (Å²) >= 11 is 1.29. The maximum absolute atomic E-state index is 15.4. The number of carbonyl (C=O) groups excluding carboxylic acids is 1. The number of benzene rings is 2. The lowest BCUT2D eigenvalue weighted by Gasteiger charge is -2.38. The molecule has 41 heavy (non-hydrogen) atoms. The van der Waals surface area contributed by atoms with Gasteiger partial charge in [-0.15, -0.1) is 0 Å². The summed E-state index contributed by atoms with van der Waals surface area (Å²) in [7, 11) is 0. The Balaban J connectivity index is 1.28. The number of piperidine rings is 1. The van der Waals surface area contributed by atoms with E-state index in [1.54, 1.807) is 6.07 Å². The van der Waals surface area contributed by atoms with E-state index in [1.165, 1.54) is 53.9 Å². The molecule has 2 N–H and O–H groups in total. The minimum Gasteiger partial charge on any atom is -0.378 e. The van der Waals surface area contributed by atoms with Crippen LogP contribution >= 0.6 is 11.8 Å². The van der Waals surface area contributed by atoms with Gasteiger partial charge in [-0.1, -0.05) is 54.2 Å². The maximum atomic E-state index is 15.4. The zero-order valence-electron chi connectivity index (χ0n) is 22.6. The fourth-order valence-electron chi connectivity index (χ4n) is 6.31. The number of amides is 1. The van der Waals surface area contributed by atoms with Crippen LogP contribution in [-0.2, 0) is 10.3 Å². The standard InChI is InChI=1S/C32H29F2N5OS/c1-31(24-15-20(10-12-25(24)33)16-26(34)27-13-11-23(36-2)18-37-27)28-17-32(28,41-30(35)38-31)29(40)39-14-6-9-22(19-39)21-7-4-3-5-8-21/h3-5,7-8,10-13,15-16,18,22,28H,6,9,14,17,19H2,1H3,(H2,35,38)/b26-16-/t22?,28-,31+,32-/m0/s1. The van der Waals surface area contributed by atoms with Gasteiger partial charge >= 0.3 is 0 Å². The number of hydrogen-bond donors (Lipinski definition) is 1. The monoisotopic (exact) mass is 569 g/mol. The van der Waals surface area contributed by atoms with Crippen molar-refractivity contribution in [3.05, 3.63) is 106 Å². The van der Waals surface area contributed by atoms with Gasteiger partial charge in [0.2, 0.25) is 11.6 Å². The summed E-state index contributed by atoms with van der Waals surface area (Å²) in [5.74, 6) is -1.04. The summed E-state index contributed by atoms with van der Waals surface area (Å²) in [4.78, 5) is 28.0. The van der Waals surface area contributed by atoms with Crippen LogP contribution in [-0.4, -0.2) is 38.8 Å². The van der Waals surface area contributed by atoms with Crippen molar-refractivity contribution >= 4 is 40.4 Å². The lowest BCUT2D eigenvalue weighted by Crippen LogP contribution is -2.48. The fraction of sp³-hybridized carbons (Fsp3) is 0.312. The Labute approximate surface area is 242 Å². The minimum absolute atomic E-state index is 0.0358. The van der Waals surface area contributed by atoms with Gasteiger partial charge in [0, 0.05) is 36.7 Å². The predicted octanol–water partition coefficient (Wildman–Crippen LogP) is 6.68. The van der Waals surface area contributed by atoms with E-state index in [2.05, 4.69) is 22.0 Å². The summed E-state index contributed by atoms with van der Waals surface area (Å²) in [6.45, 7) is 10.2. The number of fused-ring (bicyclic) bond motifs is 1. The van der Waals surface area contributed by atoms with Gasteiger partial charge in [0.15, 0.2) is 5.17 Å². The number of thioether (sulfide) groups is 1. The number of hydrogen-bond acceptors (Lipinski definition) is 5. The molecule has 1 saturated carbocycles. The van der Waals surface area contributed by atoms with Gasteiger partial charge in [-0.05, 0) is 61.6 Å². The van der Waals surface area contributed by atoms with Crippen molar-refractivity contribution in [3.8, 4) is 0 Å². The van der Waals surface area contributed by atoms with Gasteiger partial charge in [-0.3, -0.25) is 14.8 Å². The van der Waals surface area contributed by atoms with E-state index in [4.69, 9.17) is 17.3 Å². The summed E-state index contributed by atoms with van der Waals surface area (Å²) in [5, 5.41) is 0.252. The first-order valence-electron chi connectivity index (χ1n) is 13.6. The molecule has 0 radical (unpaired) electrons. The summed E-state index contributed by atoms with van der Waals surface area (Å²) in [6.07, 6.45) is 5.06. The molecule has 1 aromatic heterocycles. The third-order valence-electron chi connectivity index (χ3n) is 8.51. The highest BCUT2D eigenvalue weighted by molar-refractivity contribution is 8.15. The third kappa shape index (κ3) is 4.91. The predicted molar refractivity (Wildman–Crippen MR) is 158 cm³/mol. The van der Waals surface area contributed by atoms with Crippen molar-refractivity contribution in [1.82, 2.24) is 9.88 Å². The van der Waals surface area contributed by atoms with E-state index in [-0.39, 0.29) is 34.2 Å². The highest BCUT2D eigenvalue weighted by Crippen LogP contribution is 2.66. The molecule has 4 atom stereocenters. The SMILES string of the molecule is [C-]#[N+]c1ccc(/C(F)=C/c2ccc(F)c([C@@]3(C)N=C(N)S[C@@]4(C(=O)N5CCCC(c6ccccc6)C5)C[C@H]43)c2)nc1. The summed E-state index contributed by atoms with van der Waals surface area (Å²) < 4.78 is 29.6. The number of carbonyl (C=O) groups is 1. The minimum atomic E-state index is -1.08. The number of aliphatic imine (C=N–C) groups is 1. The first-order chi connectivity index (χ1) is 19.7. The van der Waals surface area contributed by atoms with E-state index < -0.39 is 21.9 Å². The molecule has 3 heterocycles. The lowest BCUT2D eigenvalue weighted by molar-refractivity contribution is -0.133. The maximum Gasteiger partial charge on any atom is 0.239 e. The van der Waals surface area contributed by atoms with E-state index in [1.807, 2.05) is 30.0 Å². The molecule has 1 unspecified atom stereocenters. The van der Waals surface area contributed by atoms with Gasteiger partial charge in [-0.2, -0.15) is 0 Å². The van der Waals surface area contributed by atoms with Crippen molar-refractivity contribution in [1.29, 1.82) is 0 Å². The van der Waals surface area contributed by atoms with Gasteiger partial charge in [0.25, 0.3) is 0 Å². The van der Waals surface area contributed by atoms with Crippen LogP contribution in [0.4, 0.5) is 14.5 Å². The second kappa shape index (κ2) is 10.4. The molecule has 2 aromatic carbocycles. The topological polar surface area (TPSA) is 75.9 Å². The van der Waals surface area contributed by atoms with Crippen LogP contribution in [0.3, 0.4) is 0 Å². The first kappa shape index (κ1) is 27.2. The highest BCUT2D eigenvalue weighted by atomic mass is 32.2. The van der Waals surface area contributed by atoms with Crippen LogP contribution in [0.5, 0.6) is 0 Å². The molecule has 208 valence electrons. The van der Waals surface area contributed by atoms with Crippen LogP contribution in [0.2, 0.25) is 0 Å². The second-order valence-corrected chi connectivity index (χ2v) is 12.4. The molecule has 0 bridgehead atoms. The number of nitrogens with zero attached hydrogens (tertiary/aromatic N) is 4. The average molecular weight is 570 g/mol. The molecule has 2 aliphatic heterocycles. The normalized spacial score (nSPS) is 27.4. The van der Waals surface area contributed by atoms with E-state index >= 15 is 8.78 Å². The first-order valence-corrected chi connectivity index (χ1v) is 14.4. The number of pyridine rings is 1. The van der Waals surface area contributed by atoms with Crippen LogP contribution in [0, 0.1) is 18.3 Å². The number of nitrogens with two attached hydrogens (primary N) is 1. The van der Waals surface area contributed by atoms with E-state index in [9.17, 15) is 4.79 Å². The Hall–Kier alpha value is -4.03. The summed E-state index contributed by atoms with van der Waals surface area (Å²) in [5.41, 5.74) is 7.57. The molecule has 2 fully saturated rings. The van der Waals surface area contributed by atoms with Crippen molar-refractivity contribution in [2.75, 3.05) is 13.1 Å². The average Bonchev–Trinajstić information content (AvgIpc) is 3.75. The number of amidine groups is 1. The van der Waals surface area contributed by atoms with Crippen LogP contribution < -0.4 is 5.73 Å². The molecule has 0 spiro atoms. The Kier molecular flexibility index (Phi) is 6.90. The van der Waals surface area contributed by atoms with Gasteiger partial charge in [-0.25, -0.2) is 13.6 Å². The number of likely N-dealkylation sites (tertiary alicyclic amines) is 1. The lowest BCUT2D eigenvalue weighted by atomic mass is 9.84. The van der Waals surface area contributed by atoms with Crippen molar-refractivity contribution in [2.24, 2.45) is 16.6 Å². The molecule has 1 aliphatic carbocycles. The van der Waals surface area contributed by atoms with Gasteiger partial charge < -0.3 is 10.6 Å². The molecule has 3 aromatic rings. The Morgan fingerprint density at radius 3 is 2.76 bits per heavy atom. The number of halogens is 2. The van der Waals surface area contributed by atoms with Crippen LogP contribution in [0.25, 0.3) is 16.7 Å². The number of rotatable bonds is 5. The molecule has 6 nitrogen and oxygen atoms in total. The summed E-state index contributed by atoms with van der Waals surface area (Å²) in [6, 6.07) is 17.6. The molecule has 3 aliphatic rings. The second-order valence-electron chi connectivity index (χ2n) is 11.1. The molecule has 1 saturated heterocycles. The zero-order valence-corrected chi connectivity index (χ0v) is 23.4. The van der Waals surface area contributed by atoms with E-state index in [0.717, 1.165) is 12.8 Å². The third-order valence-corrected chi connectivity index (χ3v) is 9.80.